The van der Waals surface area contributed by atoms with Crippen molar-refractivity contribution >= 4 is 17.4 Å². The normalized spacial score (nSPS) is 33.3. The molecule has 3 aliphatic carbocycles. The molecule has 35 heavy (non-hydrogen) atoms. The molecule has 5 rings (SSSR count). The molecule has 1 spiro atoms. The number of aromatic hydroxyl groups is 1. The number of ether oxygens (including phenoxy) is 1. The van der Waals surface area contributed by atoms with Crippen LogP contribution in [0.1, 0.15) is 30.0 Å². The molecule has 1 saturated heterocycles. The van der Waals surface area contributed by atoms with Gasteiger partial charge in [-0.3, -0.25) is 14.5 Å². The molecule has 1 aromatic rings. The summed E-state index contributed by atoms with van der Waals surface area (Å²) in [5.74, 6) is -6.36. The maximum Gasteiger partial charge on any atom is 0.253 e. The van der Waals surface area contributed by atoms with E-state index in [0.717, 1.165) is 5.56 Å². The first kappa shape index (κ1) is 23.8. The van der Waals surface area contributed by atoms with Gasteiger partial charge in [0.1, 0.15) is 22.8 Å². The van der Waals surface area contributed by atoms with Crippen LogP contribution in [-0.2, 0) is 32.1 Å². The highest BCUT2D eigenvalue weighted by molar-refractivity contribution is 6.14. The molecule has 1 unspecified atom stereocenters. The van der Waals surface area contributed by atoms with Gasteiger partial charge in [0.2, 0.25) is 11.6 Å². The van der Waals surface area contributed by atoms with Crippen LogP contribution in [0.4, 0.5) is 0 Å². The van der Waals surface area contributed by atoms with Gasteiger partial charge in [-0.2, -0.15) is 5.48 Å². The number of amides is 1. The molecule has 1 amide bonds. The zero-order valence-corrected chi connectivity index (χ0v) is 19.7. The van der Waals surface area contributed by atoms with Gasteiger partial charge in [0, 0.05) is 18.0 Å². The quantitative estimate of drug-likeness (QED) is 0.184. The van der Waals surface area contributed by atoms with Crippen LogP contribution < -0.4 is 11.2 Å². The maximum atomic E-state index is 13.9. The first-order valence-corrected chi connectivity index (χ1v) is 11.5. The van der Waals surface area contributed by atoms with Crippen LogP contribution in [0.25, 0.3) is 5.76 Å². The lowest BCUT2D eigenvalue weighted by atomic mass is 9.58. The topological polar surface area (TPSA) is 178 Å². The number of epoxide rings is 1. The lowest BCUT2D eigenvalue weighted by Gasteiger charge is -2.46. The van der Waals surface area contributed by atoms with E-state index in [0.29, 0.717) is 25.1 Å². The zero-order chi connectivity index (χ0) is 25.4. The second-order valence-electron chi connectivity index (χ2n) is 9.70. The summed E-state index contributed by atoms with van der Waals surface area (Å²) >= 11 is 0. The van der Waals surface area contributed by atoms with E-state index >= 15 is 0 Å². The third kappa shape index (κ3) is 2.96. The molecule has 0 aromatic heterocycles. The van der Waals surface area contributed by atoms with Crippen molar-refractivity contribution in [3.8, 4) is 5.75 Å². The number of carbonyl (C=O) groups excluding carboxylic acids is 2. The lowest BCUT2D eigenvalue weighted by Crippen LogP contribution is -2.60. The largest absolute Gasteiger partial charge is 0.510 e. The number of rotatable bonds is 6. The van der Waals surface area contributed by atoms with Crippen molar-refractivity contribution in [3.05, 3.63) is 45.7 Å². The van der Waals surface area contributed by atoms with E-state index in [1.807, 2.05) is 6.92 Å². The second kappa shape index (κ2) is 7.77. The average molecular weight is 488 g/mol. The number of Topliss-reactive ketones (excluding diaryl/α,β-unsaturated/α-hetero) is 1. The third-order valence-electron chi connectivity index (χ3n) is 7.72. The van der Waals surface area contributed by atoms with Gasteiger partial charge < -0.3 is 35.7 Å². The lowest BCUT2D eigenvalue weighted by molar-refractivity contribution is -0.127. The summed E-state index contributed by atoms with van der Waals surface area (Å²) in [6.45, 7) is 2.61. The Hall–Kier alpha value is -2.96. The molecular weight excluding hydrogens is 458 g/mol. The van der Waals surface area contributed by atoms with E-state index in [-0.39, 0.29) is 29.1 Å². The van der Waals surface area contributed by atoms with Gasteiger partial charge in [-0.25, -0.2) is 0 Å². The van der Waals surface area contributed by atoms with Gasteiger partial charge in [0.05, 0.1) is 18.2 Å². The molecule has 1 aliphatic heterocycles. The van der Waals surface area contributed by atoms with Gasteiger partial charge in [-0.15, -0.1) is 0 Å². The number of ketones is 1. The number of aliphatic hydroxyl groups excluding tert-OH is 2. The Kier molecular flexibility index (Phi) is 5.28. The highest BCUT2D eigenvalue weighted by atomic mass is 16.8. The first-order valence-electron chi connectivity index (χ1n) is 11.5. The molecule has 0 bridgehead atoms. The van der Waals surface area contributed by atoms with Crippen molar-refractivity contribution in [1.29, 1.82) is 0 Å². The highest BCUT2D eigenvalue weighted by Gasteiger charge is 2.85. The minimum Gasteiger partial charge on any atom is -0.510 e. The van der Waals surface area contributed by atoms with Gasteiger partial charge >= 0.3 is 0 Å². The molecule has 1 heterocycles. The van der Waals surface area contributed by atoms with Crippen LogP contribution >= 0.6 is 0 Å². The Morgan fingerprint density at radius 1 is 1.31 bits per heavy atom. The van der Waals surface area contributed by atoms with Crippen LogP contribution in [-0.4, -0.2) is 75.1 Å². The van der Waals surface area contributed by atoms with Gasteiger partial charge in [-0.05, 0) is 57.0 Å². The number of carbonyl (C=O) groups is 2. The van der Waals surface area contributed by atoms with Crippen molar-refractivity contribution in [2.75, 3.05) is 20.7 Å². The summed E-state index contributed by atoms with van der Waals surface area (Å²) in [4.78, 5) is 33.0. The minimum absolute atomic E-state index is 0.0256. The smallest absolute Gasteiger partial charge is 0.253 e. The molecule has 1 aromatic carbocycles. The minimum atomic E-state index is -2.39. The number of aliphatic hydroxyl groups is 3. The van der Waals surface area contributed by atoms with E-state index in [1.165, 1.54) is 6.07 Å². The van der Waals surface area contributed by atoms with Gasteiger partial charge in [0.15, 0.2) is 5.60 Å². The van der Waals surface area contributed by atoms with Crippen LogP contribution in [0, 0.1) is 11.8 Å². The summed E-state index contributed by atoms with van der Waals surface area (Å²) in [5, 5.41) is 44.0. The predicted octanol–water partition coefficient (Wildman–Crippen LogP) is 0.163. The number of hydrogen-bond acceptors (Lipinski definition) is 10. The Morgan fingerprint density at radius 2 is 2.03 bits per heavy atom. The number of hydrogen-bond donors (Lipinski definition) is 6. The number of phenols is 1. The monoisotopic (exact) mass is 487 g/mol. The third-order valence-corrected chi connectivity index (χ3v) is 7.72. The number of primary amides is 1. The number of hydroxylamine groups is 1. The van der Waals surface area contributed by atoms with Crippen molar-refractivity contribution in [3.63, 3.8) is 0 Å². The highest BCUT2D eigenvalue weighted by Crippen LogP contribution is 2.67. The van der Waals surface area contributed by atoms with Crippen molar-refractivity contribution in [2.24, 2.45) is 17.6 Å². The van der Waals surface area contributed by atoms with E-state index in [2.05, 4.69) is 5.48 Å². The fourth-order valence-corrected chi connectivity index (χ4v) is 6.32. The number of fused-ring (bicyclic) bond motifs is 2. The molecule has 11 nitrogen and oxygen atoms in total. The standard InChI is InChI=1S/C24H29N3O8/c1-4-34-26-9-10-5-6-14(28)16-12(10)7-11-8-13-18(27(2)3)20(30)17(22(25)32)24(33)23(13,35-24)21(31)15(11)19(16)29/h5-6,11,13,18,26,28-30,33H,4,7-9H2,1-3H3,(H2,25,32)/t11-,13-,18-,23-,24?/m0/s1. The second-order valence-corrected chi connectivity index (χ2v) is 9.70. The van der Waals surface area contributed by atoms with Crippen LogP contribution in [0.15, 0.2) is 29.0 Å². The van der Waals surface area contributed by atoms with Crippen LogP contribution in [0.2, 0.25) is 0 Å². The van der Waals surface area contributed by atoms with E-state index in [9.17, 15) is 30.0 Å². The van der Waals surface area contributed by atoms with Crippen molar-refractivity contribution in [1.82, 2.24) is 10.4 Å². The molecule has 1 saturated carbocycles. The number of nitrogens with one attached hydrogen (secondary N) is 1. The van der Waals surface area contributed by atoms with Crippen LogP contribution in [0.5, 0.6) is 5.75 Å². The Balaban J connectivity index is 1.65. The summed E-state index contributed by atoms with van der Waals surface area (Å²) in [7, 11) is 3.36. The molecule has 0 radical (unpaired) electrons. The van der Waals surface area contributed by atoms with Crippen molar-refractivity contribution < 1.29 is 39.6 Å². The van der Waals surface area contributed by atoms with E-state index in [4.69, 9.17) is 15.3 Å². The number of nitrogens with two attached hydrogens (primary N) is 1. The van der Waals surface area contributed by atoms with E-state index in [1.54, 1.807) is 25.1 Å². The van der Waals surface area contributed by atoms with Crippen LogP contribution in [0.3, 0.4) is 0 Å². The average Bonchev–Trinajstić information content (AvgIpc) is 3.40. The predicted molar refractivity (Wildman–Crippen MR) is 122 cm³/mol. The SMILES string of the molecule is CCONCc1ccc(O)c2c1C[C@H]1C[C@H]3[C@H](N(C)C)C(O)=C(C(N)=O)C4(O)O[C@]34C(=O)C1=C2O. The molecule has 11 heteroatoms. The van der Waals surface area contributed by atoms with Gasteiger partial charge in [0.25, 0.3) is 5.91 Å². The maximum absolute atomic E-state index is 13.9. The summed E-state index contributed by atoms with van der Waals surface area (Å²) in [6.07, 6.45) is 0.593. The first-order chi connectivity index (χ1) is 16.5. The molecule has 4 aliphatic rings. The molecule has 188 valence electrons. The summed E-state index contributed by atoms with van der Waals surface area (Å²) < 4.78 is 5.62. The van der Waals surface area contributed by atoms with Gasteiger partial charge in [-0.1, -0.05) is 6.07 Å². The molecular formula is C24H29N3O8. The zero-order valence-electron chi connectivity index (χ0n) is 19.7. The summed E-state index contributed by atoms with van der Waals surface area (Å²) in [5.41, 5.74) is 7.50. The molecule has 2 fully saturated rings. The van der Waals surface area contributed by atoms with E-state index < -0.39 is 52.3 Å². The van der Waals surface area contributed by atoms with Crippen molar-refractivity contribution in [2.45, 2.75) is 43.7 Å². The molecule has 5 atom stereocenters. The number of nitrogens with zero attached hydrogens (tertiary/aromatic N) is 1. The Bertz CT molecular complexity index is 1210. The number of likely N-dealkylation sites (N-methyl/N-ethyl adjacent to an activating group) is 1. The fourth-order valence-electron chi connectivity index (χ4n) is 6.32. The number of benzene rings is 1. The summed E-state index contributed by atoms with van der Waals surface area (Å²) in [6, 6.07) is 2.34. The Morgan fingerprint density at radius 3 is 2.66 bits per heavy atom. The fraction of sp³-hybridized carbons (Fsp3) is 0.500. The Labute approximate surface area is 201 Å². The molecule has 7 N–H and O–H groups in total. The number of phenolic OH excluding ortho intramolecular Hbond substituents is 1.